The van der Waals surface area contributed by atoms with Crippen molar-refractivity contribution < 1.29 is 13.2 Å². The molecule has 27 heavy (non-hydrogen) atoms. The lowest BCUT2D eigenvalue weighted by Gasteiger charge is -2.23. The van der Waals surface area contributed by atoms with Crippen LogP contribution in [-0.2, 0) is 14.8 Å². The second kappa shape index (κ2) is 8.49. The maximum Gasteiger partial charge on any atom is 0.242 e. The Bertz CT molecular complexity index is 870. The number of nitrogens with zero attached hydrogens (tertiary/aromatic N) is 2. The standard InChI is InChI=1S/C19H24N4O3S/c1-2-13-27(25,26)23-12-6-9-17(23)19(24)22-16-10-11-18(20-14-16)21-15-7-4-3-5-8-15/h3-5,7-8,10-11,14,17H,2,6,9,12-13H2,1H3,(H,20,21)(H,22,24). The maximum absolute atomic E-state index is 12.6. The second-order valence-electron chi connectivity index (χ2n) is 6.50. The van der Waals surface area contributed by atoms with Crippen LogP contribution in [0.1, 0.15) is 26.2 Å². The van der Waals surface area contributed by atoms with Crippen molar-refractivity contribution in [2.45, 2.75) is 32.2 Å². The molecule has 1 saturated heterocycles. The highest BCUT2D eigenvalue weighted by atomic mass is 32.2. The normalized spacial score (nSPS) is 17.6. The van der Waals surface area contributed by atoms with Gasteiger partial charge in [0.2, 0.25) is 15.9 Å². The van der Waals surface area contributed by atoms with Gasteiger partial charge in [0.15, 0.2) is 0 Å². The Balaban J connectivity index is 1.63. The topological polar surface area (TPSA) is 91.4 Å². The van der Waals surface area contributed by atoms with E-state index >= 15 is 0 Å². The van der Waals surface area contributed by atoms with Crippen molar-refractivity contribution in [2.24, 2.45) is 0 Å². The number of carbonyl (C=O) groups excluding carboxylic acids is 1. The SMILES string of the molecule is CCCS(=O)(=O)N1CCCC1C(=O)Nc1ccc(Nc2ccccc2)nc1. The van der Waals surface area contributed by atoms with Crippen molar-refractivity contribution >= 4 is 33.1 Å². The molecular formula is C19H24N4O3S. The average Bonchev–Trinajstić information content (AvgIpc) is 3.15. The largest absolute Gasteiger partial charge is 0.340 e. The minimum atomic E-state index is -3.39. The van der Waals surface area contributed by atoms with Crippen LogP contribution >= 0.6 is 0 Å². The van der Waals surface area contributed by atoms with Gasteiger partial charge in [0, 0.05) is 12.2 Å². The molecule has 0 radical (unpaired) electrons. The Morgan fingerprint density at radius 2 is 1.96 bits per heavy atom. The van der Waals surface area contributed by atoms with Gasteiger partial charge in [-0.1, -0.05) is 25.1 Å². The van der Waals surface area contributed by atoms with Crippen molar-refractivity contribution in [3.05, 3.63) is 48.7 Å². The van der Waals surface area contributed by atoms with E-state index in [1.54, 1.807) is 18.3 Å². The fourth-order valence-electron chi connectivity index (χ4n) is 3.15. The molecule has 1 aromatic carbocycles. The van der Waals surface area contributed by atoms with Gasteiger partial charge in [0.25, 0.3) is 0 Å². The third-order valence-corrected chi connectivity index (χ3v) is 6.48. The van der Waals surface area contributed by atoms with Gasteiger partial charge in [-0.3, -0.25) is 4.79 Å². The minimum absolute atomic E-state index is 0.0676. The Morgan fingerprint density at radius 3 is 2.63 bits per heavy atom. The number of hydrogen-bond donors (Lipinski definition) is 2. The summed E-state index contributed by atoms with van der Waals surface area (Å²) in [7, 11) is -3.39. The van der Waals surface area contributed by atoms with Crippen LogP contribution in [0.15, 0.2) is 48.7 Å². The lowest BCUT2D eigenvalue weighted by molar-refractivity contribution is -0.119. The van der Waals surface area contributed by atoms with Gasteiger partial charge >= 0.3 is 0 Å². The second-order valence-corrected chi connectivity index (χ2v) is 8.54. The van der Waals surface area contributed by atoms with Crippen molar-refractivity contribution in [3.8, 4) is 0 Å². The first-order valence-corrected chi connectivity index (χ1v) is 10.7. The summed E-state index contributed by atoms with van der Waals surface area (Å²) in [5.74, 6) is 0.419. The molecule has 1 aliphatic rings. The summed E-state index contributed by atoms with van der Waals surface area (Å²) in [5.41, 5.74) is 1.46. The van der Waals surface area contributed by atoms with Gasteiger partial charge in [-0.15, -0.1) is 0 Å². The number of aromatic nitrogens is 1. The molecular weight excluding hydrogens is 364 g/mol. The number of benzene rings is 1. The van der Waals surface area contributed by atoms with E-state index in [4.69, 9.17) is 0 Å². The highest BCUT2D eigenvalue weighted by molar-refractivity contribution is 7.89. The molecule has 0 spiro atoms. The smallest absolute Gasteiger partial charge is 0.242 e. The quantitative estimate of drug-likeness (QED) is 0.761. The number of sulfonamides is 1. The van der Waals surface area contributed by atoms with Gasteiger partial charge in [-0.05, 0) is 43.5 Å². The predicted octanol–water partition coefficient (Wildman–Crippen LogP) is 2.97. The van der Waals surface area contributed by atoms with Crippen molar-refractivity contribution in [1.82, 2.24) is 9.29 Å². The molecule has 1 fully saturated rings. The summed E-state index contributed by atoms with van der Waals surface area (Å²) in [5, 5.41) is 5.95. The first kappa shape index (κ1) is 19.3. The highest BCUT2D eigenvalue weighted by Gasteiger charge is 2.38. The zero-order chi connectivity index (χ0) is 19.3. The highest BCUT2D eigenvalue weighted by Crippen LogP contribution is 2.23. The molecule has 1 unspecified atom stereocenters. The Hall–Kier alpha value is -2.45. The van der Waals surface area contributed by atoms with Crippen LogP contribution in [0.5, 0.6) is 0 Å². The molecule has 8 heteroatoms. The lowest BCUT2D eigenvalue weighted by Crippen LogP contribution is -2.44. The molecule has 0 bridgehead atoms. The molecule has 3 rings (SSSR count). The van der Waals surface area contributed by atoms with E-state index in [9.17, 15) is 13.2 Å². The summed E-state index contributed by atoms with van der Waals surface area (Å²) >= 11 is 0. The zero-order valence-corrected chi connectivity index (χ0v) is 16.1. The summed E-state index contributed by atoms with van der Waals surface area (Å²) in [6, 6.07) is 12.5. The van der Waals surface area contributed by atoms with Crippen molar-refractivity contribution in [2.75, 3.05) is 22.9 Å². The van der Waals surface area contributed by atoms with E-state index in [2.05, 4.69) is 15.6 Å². The van der Waals surface area contributed by atoms with Crippen LogP contribution in [0, 0.1) is 0 Å². The van der Waals surface area contributed by atoms with E-state index in [0.29, 0.717) is 37.3 Å². The van der Waals surface area contributed by atoms with E-state index < -0.39 is 16.1 Å². The molecule has 7 nitrogen and oxygen atoms in total. The molecule has 2 N–H and O–H groups in total. The number of carbonyl (C=O) groups is 1. The van der Waals surface area contributed by atoms with Crippen LogP contribution in [0.4, 0.5) is 17.2 Å². The average molecular weight is 388 g/mol. The van der Waals surface area contributed by atoms with E-state index in [1.807, 2.05) is 37.3 Å². The lowest BCUT2D eigenvalue weighted by atomic mass is 10.2. The first-order valence-electron chi connectivity index (χ1n) is 9.08. The number of anilines is 3. The number of rotatable bonds is 7. The summed E-state index contributed by atoms with van der Waals surface area (Å²) < 4.78 is 26.0. The summed E-state index contributed by atoms with van der Waals surface area (Å²) in [6.07, 6.45) is 3.32. The summed E-state index contributed by atoms with van der Waals surface area (Å²) in [6.45, 7) is 2.22. The molecule has 2 aromatic rings. The fraction of sp³-hybridized carbons (Fsp3) is 0.368. The molecule has 0 saturated carbocycles. The zero-order valence-electron chi connectivity index (χ0n) is 15.3. The van der Waals surface area contributed by atoms with Gasteiger partial charge in [-0.2, -0.15) is 4.31 Å². The van der Waals surface area contributed by atoms with Crippen molar-refractivity contribution in [3.63, 3.8) is 0 Å². The number of pyridine rings is 1. The van der Waals surface area contributed by atoms with E-state index in [-0.39, 0.29) is 11.7 Å². The number of hydrogen-bond acceptors (Lipinski definition) is 5. The third-order valence-electron chi connectivity index (χ3n) is 4.40. The molecule has 1 amide bonds. The van der Waals surface area contributed by atoms with Crippen LogP contribution in [-0.4, -0.2) is 42.0 Å². The van der Waals surface area contributed by atoms with Crippen LogP contribution in [0.3, 0.4) is 0 Å². The Morgan fingerprint density at radius 1 is 1.19 bits per heavy atom. The molecule has 2 heterocycles. The number of para-hydroxylation sites is 1. The van der Waals surface area contributed by atoms with Gasteiger partial charge in [0.05, 0.1) is 17.6 Å². The minimum Gasteiger partial charge on any atom is -0.340 e. The molecule has 0 aliphatic carbocycles. The van der Waals surface area contributed by atoms with Crippen molar-refractivity contribution in [1.29, 1.82) is 0 Å². The number of nitrogens with one attached hydrogen (secondary N) is 2. The maximum atomic E-state index is 12.6. The Kier molecular flexibility index (Phi) is 6.08. The molecule has 1 aromatic heterocycles. The van der Waals surface area contributed by atoms with Gasteiger partial charge in [0.1, 0.15) is 11.9 Å². The molecule has 1 aliphatic heterocycles. The summed E-state index contributed by atoms with van der Waals surface area (Å²) in [4.78, 5) is 16.9. The first-order chi connectivity index (χ1) is 13.0. The predicted molar refractivity (Wildman–Crippen MR) is 106 cm³/mol. The third kappa shape index (κ3) is 4.84. The molecule has 1 atom stereocenters. The Labute approximate surface area is 159 Å². The number of amides is 1. The monoisotopic (exact) mass is 388 g/mol. The van der Waals surface area contributed by atoms with Crippen LogP contribution in [0.2, 0.25) is 0 Å². The van der Waals surface area contributed by atoms with Gasteiger partial charge in [-0.25, -0.2) is 13.4 Å². The molecule has 144 valence electrons. The van der Waals surface area contributed by atoms with E-state index in [0.717, 1.165) is 5.69 Å². The van der Waals surface area contributed by atoms with Crippen LogP contribution in [0.25, 0.3) is 0 Å². The van der Waals surface area contributed by atoms with Crippen LogP contribution < -0.4 is 10.6 Å². The fourth-order valence-corrected chi connectivity index (χ4v) is 4.89. The van der Waals surface area contributed by atoms with Gasteiger partial charge < -0.3 is 10.6 Å². The van der Waals surface area contributed by atoms with E-state index in [1.165, 1.54) is 4.31 Å².